The third-order valence-corrected chi connectivity index (χ3v) is 1.51. The van der Waals surface area contributed by atoms with E-state index in [0.29, 0.717) is 11.6 Å². The zero-order valence-electron chi connectivity index (χ0n) is 7.99. The average molecular weight is 181 g/mol. The Kier molecular flexibility index (Phi) is 3.45. The first-order valence-electron chi connectivity index (χ1n) is 4.14. The fourth-order valence-electron chi connectivity index (χ4n) is 0.821. The molecule has 0 saturated carbocycles. The molecule has 1 rings (SSSR count). The number of aromatic nitrogens is 2. The Hall–Kier alpha value is -1.36. The van der Waals surface area contributed by atoms with Gasteiger partial charge in [0.15, 0.2) is 0 Å². The van der Waals surface area contributed by atoms with Gasteiger partial charge in [0.1, 0.15) is 0 Å². The predicted molar refractivity (Wildman–Crippen MR) is 53.5 cm³/mol. The Morgan fingerprint density at radius 1 is 1.38 bits per heavy atom. The fourth-order valence-corrected chi connectivity index (χ4v) is 0.821. The highest BCUT2D eigenvalue weighted by Crippen LogP contribution is 1.99. The Bertz CT molecular complexity index is 243. The van der Waals surface area contributed by atoms with Crippen molar-refractivity contribution in [3.8, 4) is 0 Å². The van der Waals surface area contributed by atoms with E-state index in [1.807, 2.05) is 14.1 Å². The van der Waals surface area contributed by atoms with Crippen LogP contribution in [0, 0.1) is 0 Å². The molecule has 0 amide bonds. The minimum atomic E-state index is 0.582. The van der Waals surface area contributed by atoms with Crippen molar-refractivity contribution in [2.75, 3.05) is 38.2 Å². The average Bonchev–Trinajstić information content (AvgIpc) is 2.08. The Morgan fingerprint density at radius 3 is 2.54 bits per heavy atom. The molecule has 0 aliphatic heterocycles. The highest BCUT2D eigenvalue weighted by Gasteiger charge is 1.94. The Morgan fingerprint density at radius 2 is 2.00 bits per heavy atom. The highest BCUT2D eigenvalue weighted by atomic mass is 15.1. The number of anilines is 2. The van der Waals surface area contributed by atoms with Crippen LogP contribution in [-0.4, -0.2) is 42.1 Å². The van der Waals surface area contributed by atoms with Crippen LogP contribution in [0.4, 0.5) is 11.6 Å². The fraction of sp³-hybridized carbons (Fsp3) is 0.500. The summed E-state index contributed by atoms with van der Waals surface area (Å²) in [5, 5.41) is 3.08. The molecule has 0 radical (unpaired) electrons. The topological polar surface area (TPSA) is 67.1 Å². The zero-order chi connectivity index (χ0) is 9.68. The third kappa shape index (κ3) is 3.71. The summed E-state index contributed by atoms with van der Waals surface area (Å²) >= 11 is 0. The van der Waals surface area contributed by atoms with Gasteiger partial charge >= 0.3 is 0 Å². The van der Waals surface area contributed by atoms with Gasteiger partial charge in [0.05, 0.1) is 18.1 Å². The van der Waals surface area contributed by atoms with Gasteiger partial charge in [-0.25, -0.2) is 9.97 Å². The van der Waals surface area contributed by atoms with E-state index < -0.39 is 0 Å². The minimum absolute atomic E-state index is 0.582. The van der Waals surface area contributed by atoms with Gasteiger partial charge in [0, 0.05) is 13.1 Å². The second-order valence-corrected chi connectivity index (χ2v) is 3.07. The molecule has 0 fully saturated rings. The summed E-state index contributed by atoms with van der Waals surface area (Å²) in [6, 6.07) is 0. The van der Waals surface area contributed by atoms with Gasteiger partial charge in [-0.05, 0) is 14.1 Å². The molecule has 0 bridgehead atoms. The number of nitrogens with one attached hydrogen (secondary N) is 1. The van der Waals surface area contributed by atoms with E-state index >= 15 is 0 Å². The molecule has 13 heavy (non-hydrogen) atoms. The summed E-state index contributed by atoms with van der Waals surface area (Å²) in [7, 11) is 4.04. The van der Waals surface area contributed by atoms with Crippen molar-refractivity contribution in [2.24, 2.45) is 0 Å². The SMILES string of the molecule is CN(C)CCNc1ncc(N)cn1. The number of hydrogen-bond donors (Lipinski definition) is 2. The second kappa shape index (κ2) is 4.61. The number of likely N-dealkylation sites (N-methyl/N-ethyl adjacent to an activating group) is 1. The maximum atomic E-state index is 5.44. The van der Waals surface area contributed by atoms with Gasteiger partial charge in [0.25, 0.3) is 0 Å². The molecular weight excluding hydrogens is 166 g/mol. The molecule has 0 aliphatic rings. The quantitative estimate of drug-likeness (QED) is 0.686. The minimum Gasteiger partial charge on any atom is -0.396 e. The standard InChI is InChI=1S/C8H15N5/c1-13(2)4-3-10-8-11-5-7(9)6-12-8/h5-6H,3-4,9H2,1-2H3,(H,10,11,12). The lowest BCUT2D eigenvalue weighted by Crippen LogP contribution is -2.21. The van der Waals surface area contributed by atoms with Gasteiger partial charge in [-0.3, -0.25) is 0 Å². The summed E-state index contributed by atoms with van der Waals surface area (Å²) < 4.78 is 0. The van der Waals surface area contributed by atoms with Crippen LogP contribution in [0.5, 0.6) is 0 Å². The van der Waals surface area contributed by atoms with E-state index in [1.165, 1.54) is 0 Å². The van der Waals surface area contributed by atoms with Gasteiger partial charge < -0.3 is 16.0 Å². The number of nitrogen functional groups attached to an aromatic ring is 1. The zero-order valence-corrected chi connectivity index (χ0v) is 7.99. The second-order valence-electron chi connectivity index (χ2n) is 3.07. The molecule has 0 aromatic carbocycles. The van der Waals surface area contributed by atoms with Crippen LogP contribution < -0.4 is 11.1 Å². The molecule has 3 N–H and O–H groups in total. The molecule has 5 heteroatoms. The molecule has 1 aromatic rings. The number of hydrogen-bond acceptors (Lipinski definition) is 5. The Labute approximate surface area is 78.0 Å². The van der Waals surface area contributed by atoms with Crippen molar-refractivity contribution in [1.82, 2.24) is 14.9 Å². The van der Waals surface area contributed by atoms with Crippen LogP contribution >= 0.6 is 0 Å². The summed E-state index contributed by atoms with van der Waals surface area (Å²) in [6.07, 6.45) is 3.18. The highest BCUT2D eigenvalue weighted by molar-refractivity contribution is 5.35. The first kappa shape index (κ1) is 9.73. The number of rotatable bonds is 4. The summed E-state index contributed by atoms with van der Waals surface area (Å²) in [5.41, 5.74) is 6.02. The van der Waals surface area contributed by atoms with E-state index in [-0.39, 0.29) is 0 Å². The first-order chi connectivity index (χ1) is 6.18. The van der Waals surface area contributed by atoms with Crippen LogP contribution in [0.15, 0.2) is 12.4 Å². The van der Waals surface area contributed by atoms with E-state index in [0.717, 1.165) is 13.1 Å². The number of nitrogens with two attached hydrogens (primary N) is 1. The smallest absolute Gasteiger partial charge is 0.222 e. The predicted octanol–water partition coefficient (Wildman–Crippen LogP) is 0.0323. The van der Waals surface area contributed by atoms with Crippen LogP contribution in [0.2, 0.25) is 0 Å². The Balaban J connectivity index is 2.33. The lowest BCUT2D eigenvalue weighted by atomic mass is 10.5. The molecule has 0 unspecified atom stereocenters. The van der Waals surface area contributed by atoms with Crippen molar-refractivity contribution in [3.63, 3.8) is 0 Å². The van der Waals surface area contributed by atoms with Crippen LogP contribution in [-0.2, 0) is 0 Å². The van der Waals surface area contributed by atoms with Gasteiger partial charge in [-0.1, -0.05) is 0 Å². The third-order valence-electron chi connectivity index (χ3n) is 1.51. The van der Waals surface area contributed by atoms with Gasteiger partial charge in [-0.15, -0.1) is 0 Å². The molecule has 1 heterocycles. The van der Waals surface area contributed by atoms with Crippen molar-refractivity contribution < 1.29 is 0 Å². The maximum Gasteiger partial charge on any atom is 0.222 e. The lowest BCUT2D eigenvalue weighted by Gasteiger charge is -2.09. The van der Waals surface area contributed by atoms with E-state index in [1.54, 1.807) is 12.4 Å². The number of nitrogens with zero attached hydrogens (tertiary/aromatic N) is 3. The lowest BCUT2D eigenvalue weighted by molar-refractivity contribution is 0.425. The van der Waals surface area contributed by atoms with Crippen LogP contribution in [0.3, 0.4) is 0 Å². The molecule has 0 spiro atoms. The monoisotopic (exact) mass is 181 g/mol. The normalized spacial score (nSPS) is 10.4. The van der Waals surface area contributed by atoms with Gasteiger partial charge in [-0.2, -0.15) is 0 Å². The molecule has 5 nitrogen and oxygen atoms in total. The molecule has 0 aliphatic carbocycles. The molecule has 0 saturated heterocycles. The van der Waals surface area contributed by atoms with E-state index in [4.69, 9.17) is 5.73 Å². The summed E-state index contributed by atoms with van der Waals surface area (Å²) in [5.74, 6) is 0.621. The maximum absolute atomic E-state index is 5.44. The molecule has 0 atom stereocenters. The summed E-state index contributed by atoms with van der Waals surface area (Å²) in [4.78, 5) is 10.1. The van der Waals surface area contributed by atoms with Crippen molar-refractivity contribution in [3.05, 3.63) is 12.4 Å². The van der Waals surface area contributed by atoms with Crippen molar-refractivity contribution in [2.45, 2.75) is 0 Å². The van der Waals surface area contributed by atoms with Gasteiger partial charge in [0.2, 0.25) is 5.95 Å². The first-order valence-corrected chi connectivity index (χ1v) is 4.14. The van der Waals surface area contributed by atoms with E-state index in [2.05, 4.69) is 20.2 Å². The van der Waals surface area contributed by atoms with Crippen LogP contribution in [0.25, 0.3) is 0 Å². The molecule has 1 aromatic heterocycles. The van der Waals surface area contributed by atoms with Crippen LogP contribution in [0.1, 0.15) is 0 Å². The molecular formula is C8H15N5. The largest absolute Gasteiger partial charge is 0.396 e. The van der Waals surface area contributed by atoms with Crippen molar-refractivity contribution >= 4 is 11.6 Å². The van der Waals surface area contributed by atoms with Crippen molar-refractivity contribution in [1.29, 1.82) is 0 Å². The van der Waals surface area contributed by atoms with E-state index in [9.17, 15) is 0 Å². The summed E-state index contributed by atoms with van der Waals surface area (Å²) in [6.45, 7) is 1.78. The molecule has 72 valence electrons.